The van der Waals surface area contributed by atoms with Gasteiger partial charge >= 0.3 is 0 Å². The maximum absolute atomic E-state index is 12.0. The molecular formula is C13H15ClN2O2S2. The number of rotatable bonds is 5. The van der Waals surface area contributed by atoms with Crippen molar-refractivity contribution in [3.05, 3.63) is 46.3 Å². The van der Waals surface area contributed by atoms with Crippen molar-refractivity contribution in [2.75, 3.05) is 19.0 Å². The second kappa shape index (κ2) is 6.13. The summed E-state index contributed by atoms with van der Waals surface area (Å²) < 4.78 is 27.3. The van der Waals surface area contributed by atoms with Gasteiger partial charge in [0.1, 0.15) is 4.21 Å². The lowest BCUT2D eigenvalue weighted by molar-refractivity contribution is 0.583. The van der Waals surface area contributed by atoms with Crippen molar-refractivity contribution in [3.8, 4) is 0 Å². The van der Waals surface area contributed by atoms with E-state index in [2.05, 4.69) is 4.72 Å². The molecule has 4 nitrogen and oxygen atoms in total. The van der Waals surface area contributed by atoms with Crippen molar-refractivity contribution in [1.82, 2.24) is 4.72 Å². The zero-order chi connectivity index (χ0) is 14.8. The maximum Gasteiger partial charge on any atom is 0.250 e. The van der Waals surface area contributed by atoms with E-state index in [1.807, 2.05) is 43.3 Å². The Morgan fingerprint density at radius 1 is 1.15 bits per heavy atom. The van der Waals surface area contributed by atoms with Crippen molar-refractivity contribution in [2.24, 2.45) is 0 Å². The molecule has 1 aromatic carbocycles. The highest BCUT2D eigenvalue weighted by Gasteiger charge is 2.16. The van der Waals surface area contributed by atoms with Crippen LogP contribution in [0.2, 0.25) is 4.34 Å². The monoisotopic (exact) mass is 330 g/mol. The number of thiophene rings is 1. The van der Waals surface area contributed by atoms with Gasteiger partial charge in [-0.05, 0) is 29.8 Å². The predicted molar refractivity (Wildman–Crippen MR) is 84.1 cm³/mol. The zero-order valence-electron chi connectivity index (χ0n) is 11.1. The Hall–Kier alpha value is -1.08. The number of nitrogens with one attached hydrogen (secondary N) is 1. The van der Waals surface area contributed by atoms with Gasteiger partial charge in [0.05, 0.1) is 4.34 Å². The molecule has 0 aliphatic carbocycles. The molecule has 0 unspecified atom stereocenters. The minimum absolute atomic E-state index is 0.229. The Morgan fingerprint density at radius 2 is 1.80 bits per heavy atom. The van der Waals surface area contributed by atoms with Crippen LogP contribution in [-0.2, 0) is 16.6 Å². The van der Waals surface area contributed by atoms with Gasteiger partial charge in [0.25, 0.3) is 0 Å². The zero-order valence-corrected chi connectivity index (χ0v) is 13.5. The molecule has 108 valence electrons. The van der Waals surface area contributed by atoms with Gasteiger partial charge in [0.2, 0.25) is 10.0 Å². The molecule has 0 aliphatic rings. The molecule has 7 heteroatoms. The van der Waals surface area contributed by atoms with Crippen LogP contribution in [0, 0.1) is 0 Å². The van der Waals surface area contributed by atoms with Crippen molar-refractivity contribution < 1.29 is 8.42 Å². The summed E-state index contributed by atoms with van der Waals surface area (Å²) in [7, 11) is 0.423. The average molecular weight is 331 g/mol. The van der Waals surface area contributed by atoms with E-state index in [1.165, 1.54) is 6.07 Å². The first-order valence-electron chi connectivity index (χ1n) is 5.90. The highest BCUT2D eigenvalue weighted by atomic mass is 35.5. The molecule has 0 spiro atoms. The maximum atomic E-state index is 12.0. The van der Waals surface area contributed by atoms with Gasteiger partial charge in [0.15, 0.2) is 0 Å². The lowest BCUT2D eigenvalue weighted by atomic mass is 10.2. The largest absolute Gasteiger partial charge is 0.378 e. The van der Waals surface area contributed by atoms with Crippen LogP contribution in [0.15, 0.2) is 40.6 Å². The highest BCUT2D eigenvalue weighted by Crippen LogP contribution is 2.25. The second-order valence-corrected chi connectivity index (χ2v) is 8.15. The van der Waals surface area contributed by atoms with Gasteiger partial charge in [-0.3, -0.25) is 0 Å². The number of sulfonamides is 1. The third-order valence-electron chi connectivity index (χ3n) is 2.73. The van der Waals surface area contributed by atoms with Crippen molar-refractivity contribution >= 4 is 38.6 Å². The summed E-state index contributed by atoms with van der Waals surface area (Å²) in [5.41, 5.74) is 1.98. The van der Waals surface area contributed by atoms with Gasteiger partial charge in [-0.15, -0.1) is 11.3 Å². The average Bonchev–Trinajstić information content (AvgIpc) is 2.84. The summed E-state index contributed by atoms with van der Waals surface area (Å²) >= 11 is 6.80. The van der Waals surface area contributed by atoms with E-state index in [1.54, 1.807) is 6.07 Å². The summed E-state index contributed by atoms with van der Waals surface area (Å²) in [6.07, 6.45) is 0. The van der Waals surface area contributed by atoms with E-state index < -0.39 is 10.0 Å². The molecule has 20 heavy (non-hydrogen) atoms. The number of benzene rings is 1. The minimum Gasteiger partial charge on any atom is -0.378 e. The molecular weight excluding hydrogens is 316 g/mol. The number of nitrogens with zero attached hydrogens (tertiary/aromatic N) is 1. The van der Waals surface area contributed by atoms with Crippen LogP contribution < -0.4 is 9.62 Å². The van der Waals surface area contributed by atoms with E-state index in [0.717, 1.165) is 22.6 Å². The fourth-order valence-electron chi connectivity index (χ4n) is 1.60. The van der Waals surface area contributed by atoms with Crippen LogP contribution >= 0.6 is 22.9 Å². The molecule has 0 radical (unpaired) electrons. The van der Waals surface area contributed by atoms with E-state index in [0.29, 0.717) is 4.34 Å². The Balaban J connectivity index is 2.04. The van der Waals surface area contributed by atoms with E-state index in [-0.39, 0.29) is 10.8 Å². The molecule has 1 N–H and O–H groups in total. The molecule has 0 fully saturated rings. The lowest BCUT2D eigenvalue weighted by Crippen LogP contribution is -2.22. The summed E-state index contributed by atoms with van der Waals surface area (Å²) in [5, 5.41) is 0. The van der Waals surface area contributed by atoms with Crippen LogP contribution in [0.3, 0.4) is 0 Å². The predicted octanol–water partition coefficient (Wildman–Crippen LogP) is 2.95. The summed E-state index contributed by atoms with van der Waals surface area (Å²) in [5.74, 6) is 0. The molecule has 1 aromatic heterocycles. The first-order chi connectivity index (χ1) is 9.38. The fraction of sp³-hybridized carbons (Fsp3) is 0.231. The topological polar surface area (TPSA) is 49.4 Å². The van der Waals surface area contributed by atoms with Crippen LogP contribution in [0.5, 0.6) is 0 Å². The van der Waals surface area contributed by atoms with Gasteiger partial charge in [0, 0.05) is 26.3 Å². The fourth-order valence-corrected chi connectivity index (χ4v) is 4.15. The van der Waals surface area contributed by atoms with E-state index in [4.69, 9.17) is 11.6 Å². The van der Waals surface area contributed by atoms with Crippen LogP contribution in [0.25, 0.3) is 0 Å². The molecule has 0 aliphatic heterocycles. The molecule has 0 saturated carbocycles. The van der Waals surface area contributed by atoms with Crippen LogP contribution in [0.1, 0.15) is 5.56 Å². The van der Waals surface area contributed by atoms with Crippen molar-refractivity contribution in [3.63, 3.8) is 0 Å². The number of hydrogen-bond donors (Lipinski definition) is 1. The number of hydrogen-bond acceptors (Lipinski definition) is 4. The molecule has 0 amide bonds. The molecule has 0 atom stereocenters. The van der Waals surface area contributed by atoms with Crippen LogP contribution in [-0.4, -0.2) is 22.5 Å². The molecule has 1 heterocycles. The summed E-state index contributed by atoms with van der Waals surface area (Å²) in [6, 6.07) is 10.8. The van der Waals surface area contributed by atoms with Crippen molar-refractivity contribution in [1.29, 1.82) is 0 Å². The Morgan fingerprint density at radius 3 is 2.30 bits per heavy atom. The second-order valence-electron chi connectivity index (χ2n) is 4.44. The van der Waals surface area contributed by atoms with E-state index >= 15 is 0 Å². The first kappa shape index (κ1) is 15.3. The first-order valence-corrected chi connectivity index (χ1v) is 8.57. The highest BCUT2D eigenvalue weighted by molar-refractivity contribution is 7.91. The van der Waals surface area contributed by atoms with Crippen molar-refractivity contribution in [2.45, 2.75) is 10.8 Å². The molecule has 2 rings (SSSR count). The third kappa shape index (κ3) is 3.73. The Labute approximate surface area is 128 Å². The van der Waals surface area contributed by atoms with Crippen LogP contribution in [0.4, 0.5) is 5.69 Å². The quantitative estimate of drug-likeness (QED) is 0.917. The lowest BCUT2D eigenvalue weighted by Gasteiger charge is -2.12. The van der Waals surface area contributed by atoms with Gasteiger partial charge in [-0.1, -0.05) is 23.7 Å². The Kier molecular flexibility index (Phi) is 4.70. The van der Waals surface area contributed by atoms with E-state index in [9.17, 15) is 8.42 Å². The van der Waals surface area contributed by atoms with Gasteiger partial charge < -0.3 is 4.90 Å². The normalized spacial score (nSPS) is 11.6. The molecule has 0 bridgehead atoms. The summed E-state index contributed by atoms with van der Waals surface area (Å²) in [6.45, 7) is 0.256. The number of anilines is 1. The standard InChI is InChI=1S/C13H15ClN2O2S2/c1-16(2)11-5-3-10(4-6-11)9-15-20(17,18)13-8-7-12(14)19-13/h3-8,15H,9H2,1-2H3. The molecule has 2 aromatic rings. The van der Waals surface area contributed by atoms with Gasteiger partial charge in [-0.25, -0.2) is 13.1 Å². The third-order valence-corrected chi connectivity index (χ3v) is 5.86. The Bertz CT molecular complexity index is 679. The smallest absolute Gasteiger partial charge is 0.250 e. The minimum atomic E-state index is -3.49. The molecule has 0 saturated heterocycles. The SMILES string of the molecule is CN(C)c1ccc(CNS(=O)(=O)c2ccc(Cl)s2)cc1. The van der Waals surface area contributed by atoms with Gasteiger partial charge in [-0.2, -0.15) is 0 Å². The number of halogens is 1. The summed E-state index contributed by atoms with van der Waals surface area (Å²) in [4.78, 5) is 1.99.